The third-order valence-corrected chi connectivity index (χ3v) is 6.17. The number of aromatic nitrogens is 2. The lowest BCUT2D eigenvalue weighted by Crippen LogP contribution is -2.49. The van der Waals surface area contributed by atoms with Gasteiger partial charge in [-0.15, -0.1) is 0 Å². The van der Waals surface area contributed by atoms with Crippen LogP contribution in [0.1, 0.15) is 13.8 Å². The lowest BCUT2D eigenvalue weighted by atomic mass is 10.2. The molecule has 3 rings (SSSR count). The van der Waals surface area contributed by atoms with Gasteiger partial charge in [0.2, 0.25) is 5.91 Å². The number of methoxy groups -OCH3 is 1. The van der Waals surface area contributed by atoms with Gasteiger partial charge in [0, 0.05) is 51.0 Å². The fourth-order valence-corrected chi connectivity index (χ4v) is 4.37. The van der Waals surface area contributed by atoms with E-state index in [1.165, 1.54) is 11.8 Å². The fourth-order valence-electron chi connectivity index (χ4n) is 3.38. The minimum Gasteiger partial charge on any atom is -0.497 e. The molecule has 0 N–H and O–H groups in total. The average molecular weight is 450 g/mol. The van der Waals surface area contributed by atoms with Gasteiger partial charge in [-0.3, -0.25) is 4.79 Å². The summed E-state index contributed by atoms with van der Waals surface area (Å²) in [7, 11) is 1.66. The highest BCUT2D eigenvalue weighted by Crippen LogP contribution is 2.23. The van der Waals surface area contributed by atoms with E-state index in [2.05, 4.69) is 45.7 Å². The van der Waals surface area contributed by atoms with Crippen LogP contribution >= 0.6 is 23.4 Å². The van der Waals surface area contributed by atoms with Gasteiger partial charge in [-0.25, -0.2) is 9.97 Å². The van der Waals surface area contributed by atoms with Crippen molar-refractivity contribution in [3.63, 3.8) is 0 Å². The molecule has 1 aromatic carbocycles. The number of thioether (sulfide) groups is 1. The van der Waals surface area contributed by atoms with Gasteiger partial charge in [-0.1, -0.05) is 23.4 Å². The van der Waals surface area contributed by atoms with Crippen molar-refractivity contribution in [1.29, 1.82) is 0 Å². The molecule has 1 amide bonds. The highest BCUT2D eigenvalue weighted by molar-refractivity contribution is 7.99. The molecule has 1 aliphatic rings. The van der Waals surface area contributed by atoms with Crippen LogP contribution in [0, 0.1) is 0 Å². The van der Waals surface area contributed by atoms with Crippen molar-refractivity contribution in [2.75, 3.05) is 61.9 Å². The summed E-state index contributed by atoms with van der Waals surface area (Å²) in [4.78, 5) is 27.8. The number of hydrogen-bond donors (Lipinski definition) is 0. The lowest BCUT2D eigenvalue weighted by molar-refractivity contribution is -0.128. The zero-order chi connectivity index (χ0) is 21.5. The molecule has 7 nitrogen and oxygen atoms in total. The normalized spacial score (nSPS) is 14.0. The zero-order valence-electron chi connectivity index (χ0n) is 17.7. The van der Waals surface area contributed by atoms with Crippen LogP contribution in [-0.2, 0) is 4.79 Å². The number of ether oxygens (including phenoxy) is 1. The molecule has 30 heavy (non-hydrogen) atoms. The first-order valence-corrected chi connectivity index (χ1v) is 11.5. The summed E-state index contributed by atoms with van der Waals surface area (Å²) >= 11 is 7.50. The van der Waals surface area contributed by atoms with Crippen LogP contribution in [0.4, 0.5) is 11.5 Å². The van der Waals surface area contributed by atoms with Gasteiger partial charge in [-0.05, 0) is 38.1 Å². The monoisotopic (exact) mass is 449 g/mol. The number of carbonyl (C=O) groups is 1. The van der Waals surface area contributed by atoms with Crippen LogP contribution in [0.2, 0.25) is 5.15 Å². The van der Waals surface area contributed by atoms with Gasteiger partial charge < -0.3 is 19.4 Å². The lowest BCUT2D eigenvalue weighted by Gasteiger charge is -2.36. The first-order chi connectivity index (χ1) is 14.5. The molecule has 162 valence electrons. The van der Waals surface area contributed by atoms with Gasteiger partial charge in [0.25, 0.3) is 0 Å². The van der Waals surface area contributed by atoms with E-state index in [1.54, 1.807) is 13.2 Å². The molecule has 1 aliphatic heterocycles. The minimum atomic E-state index is 0.0994. The number of rotatable bonds is 8. The molecule has 0 unspecified atom stereocenters. The molecule has 1 fully saturated rings. The number of hydrogen-bond acceptors (Lipinski definition) is 7. The van der Waals surface area contributed by atoms with E-state index in [0.29, 0.717) is 29.2 Å². The number of piperazine rings is 1. The highest BCUT2D eigenvalue weighted by atomic mass is 35.5. The maximum absolute atomic E-state index is 12.7. The Hall–Kier alpha value is -2.19. The second-order valence-corrected chi connectivity index (χ2v) is 8.19. The first-order valence-electron chi connectivity index (χ1n) is 10.1. The van der Waals surface area contributed by atoms with Crippen molar-refractivity contribution >= 4 is 40.8 Å². The Kier molecular flexibility index (Phi) is 8.04. The number of benzene rings is 1. The molecule has 0 radical (unpaired) electrons. The second kappa shape index (κ2) is 10.7. The van der Waals surface area contributed by atoms with E-state index < -0.39 is 0 Å². The van der Waals surface area contributed by atoms with Crippen LogP contribution < -0.4 is 14.5 Å². The molecule has 1 aromatic heterocycles. The molecule has 0 aliphatic carbocycles. The third kappa shape index (κ3) is 5.70. The molecule has 0 bridgehead atoms. The van der Waals surface area contributed by atoms with E-state index >= 15 is 0 Å². The summed E-state index contributed by atoms with van der Waals surface area (Å²) in [6.45, 7) is 8.84. The van der Waals surface area contributed by atoms with Gasteiger partial charge in [0.15, 0.2) is 5.16 Å². The largest absolute Gasteiger partial charge is 0.497 e. The Balaban J connectivity index is 1.52. The molecular weight excluding hydrogens is 422 g/mol. The van der Waals surface area contributed by atoms with E-state index in [0.717, 1.165) is 43.4 Å². The number of nitrogens with zero attached hydrogens (tertiary/aromatic N) is 5. The van der Waals surface area contributed by atoms with Gasteiger partial charge >= 0.3 is 0 Å². The summed E-state index contributed by atoms with van der Waals surface area (Å²) in [5.74, 6) is 2.04. The quantitative estimate of drug-likeness (QED) is 0.347. The smallest absolute Gasteiger partial charge is 0.233 e. The van der Waals surface area contributed by atoms with E-state index in [4.69, 9.17) is 16.3 Å². The Labute approximate surface area is 187 Å². The Morgan fingerprint density at radius 3 is 2.40 bits per heavy atom. The van der Waals surface area contributed by atoms with Gasteiger partial charge in [-0.2, -0.15) is 0 Å². The minimum absolute atomic E-state index is 0.0994. The molecular formula is C21H28ClN5O2S. The maximum Gasteiger partial charge on any atom is 0.233 e. The fraction of sp³-hybridized carbons (Fsp3) is 0.476. The van der Waals surface area contributed by atoms with Gasteiger partial charge in [0.05, 0.1) is 12.9 Å². The van der Waals surface area contributed by atoms with Crippen molar-refractivity contribution in [2.24, 2.45) is 0 Å². The van der Waals surface area contributed by atoms with E-state index in [9.17, 15) is 4.79 Å². The van der Waals surface area contributed by atoms with Crippen LogP contribution in [0.15, 0.2) is 35.5 Å². The Morgan fingerprint density at radius 2 is 1.80 bits per heavy atom. The SMILES string of the molecule is CCN(CC)c1cc(Cl)nc(SCC(=O)N2CCN(c3ccc(OC)cc3)CC2)n1. The number of amides is 1. The molecule has 0 spiro atoms. The average Bonchev–Trinajstić information content (AvgIpc) is 2.78. The van der Waals surface area contributed by atoms with Crippen molar-refractivity contribution < 1.29 is 9.53 Å². The number of halogens is 1. The number of anilines is 2. The molecule has 1 saturated heterocycles. The maximum atomic E-state index is 12.7. The summed E-state index contributed by atoms with van der Waals surface area (Å²) in [6, 6.07) is 9.78. The summed E-state index contributed by atoms with van der Waals surface area (Å²) < 4.78 is 5.21. The first kappa shape index (κ1) is 22.5. The predicted molar refractivity (Wildman–Crippen MR) is 123 cm³/mol. The highest BCUT2D eigenvalue weighted by Gasteiger charge is 2.22. The van der Waals surface area contributed by atoms with Crippen LogP contribution in [0.25, 0.3) is 0 Å². The van der Waals surface area contributed by atoms with Crippen LogP contribution in [-0.4, -0.2) is 72.9 Å². The topological polar surface area (TPSA) is 61.8 Å². The van der Waals surface area contributed by atoms with E-state index in [1.807, 2.05) is 17.0 Å². The van der Waals surface area contributed by atoms with Crippen molar-refractivity contribution in [1.82, 2.24) is 14.9 Å². The summed E-state index contributed by atoms with van der Waals surface area (Å²) in [5.41, 5.74) is 1.15. The number of carbonyl (C=O) groups excluding carboxylic acids is 1. The van der Waals surface area contributed by atoms with Crippen molar-refractivity contribution in [3.05, 3.63) is 35.5 Å². The van der Waals surface area contributed by atoms with E-state index in [-0.39, 0.29) is 5.91 Å². The zero-order valence-corrected chi connectivity index (χ0v) is 19.2. The predicted octanol–water partition coefficient (Wildman–Crippen LogP) is 3.43. The molecule has 2 heterocycles. The van der Waals surface area contributed by atoms with Crippen LogP contribution in [0.3, 0.4) is 0 Å². The molecule has 2 aromatic rings. The Morgan fingerprint density at radius 1 is 1.13 bits per heavy atom. The van der Waals surface area contributed by atoms with Crippen LogP contribution in [0.5, 0.6) is 5.75 Å². The molecule has 0 saturated carbocycles. The summed E-state index contributed by atoms with van der Waals surface area (Å²) in [6.07, 6.45) is 0. The van der Waals surface area contributed by atoms with Gasteiger partial charge in [0.1, 0.15) is 16.7 Å². The van der Waals surface area contributed by atoms with Crippen molar-refractivity contribution in [2.45, 2.75) is 19.0 Å². The standard InChI is InChI=1S/C21H28ClN5O2S/c1-4-25(5-2)19-14-18(22)23-21(24-19)30-15-20(28)27-12-10-26(11-13-27)16-6-8-17(29-3)9-7-16/h6-9,14H,4-5,10-13,15H2,1-3H3. The third-order valence-electron chi connectivity index (χ3n) is 5.14. The summed E-state index contributed by atoms with van der Waals surface area (Å²) in [5, 5.41) is 0.935. The van der Waals surface area contributed by atoms with Crippen molar-refractivity contribution in [3.8, 4) is 5.75 Å². The Bertz CT molecular complexity index is 840. The second-order valence-electron chi connectivity index (χ2n) is 6.86. The molecule has 0 atom stereocenters. The molecule has 9 heteroatoms.